The lowest BCUT2D eigenvalue weighted by molar-refractivity contribution is -0.173. The number of aliphatic hydroxyl groups is 1. The van der Waals surface area contributed by atoms with Gasteiger partial charge in [0.15, 0.2) is 0 Å². The average molecular weight is 727 g/mol. The van der Waals surface area contributed by atoms with Crippen LogP contribution in [0.1, 0.15) is 68.9 Å². The van der Waals surface area contributed by atoms with E-state index in [0.29, 0.717) is 36.2 Å². The summed E-state index contributed by atoms with van der Waals surface area (Å²) in [6.45, 7) is 12.1. The Labute approximate surface area is 315 Å². The molecule has 11 heteroatoms. The number of pyridine rings is 1. The van der Waals surface area contributed by atoms with Gasteiger partial charge in [-0.05, 0) is 84.4 Å². The molecule has 1 saturated heterocycles. The van der Waals surface area contributed by atoms with Crippen molar-refractivity contribution in [2.75, 3.05) is 39.7 Å². The van der Waals surface area contributed by atoms with Crippen molar-refractivity contribution < 1.29 is 24.3 Å². The number of aromatic nitrogens is 1. The number of amides is 2. The number of aliphatic hydroxyl groups excluding tert-OH is 1. The predicted octanol–water partition coefficient (Wildman–Crippen LogP) is 5.76. The van der Waals surface area contributed by atoms with E-state index in [1.54, 1.807) is 38.5 Å². The molecule has 1 saturated carbocycles. The standard InChI is InChI=1S/C42H58N6O5/c1-26-21-42(4,5)27(2)17-33(26)23-46-41(51)38-37(28(3)49)36(24-45-22-29-13-15-44-16-14-29)53-48(38)25-30-11-10-12-35(39(30)52-9)31-18-32(40(50)43-6)20-34(19-31)47(7)8/h10-16,18-20,23,26-28,33,36-38,45,49H,17,21-22,24-25H2,1-9H3,(H,43,50)/t26?,27-,28+,33?,36+,37?,38+/m1/s1. The highest BCUT2D eigenvalue weighted by Crippen LogP contribution is 2.45. The lowest BCUT2D eigenvalue weighted by Crippen LogP contribution is -2.44. The Morgan fingerprint density at radius 2 is 1.91 bits per heavy atom. The van der Waals surface area contributed by atoms with E-state index < -0.39 is 24.2 Å². The fourth-order valence-corrected chi connectivity index (χ4v) is 7.98. The lowest BCUT2D eigenvalue weighted by atomic mass is 9.62. The molecule has 3 N–H and O–H groups in total. The lowest BCUT2D eigenvalue weighted by Gasteiger charge is -2.43. The number of hydrogen-bond acceptors (Lipinski definition) is 9. The Morgan fingerprint density at radius 1 is 1.17 bits per heavy atom. The zero-order valence-corrected chi connectivity index (χ0v) is 32.8. The number of benzene rings is 2. The Balaban J connectivity index is 1.48. The molecule has 1 aliphatic carbocycles. The van der Waals surface area contributed by atoms with Gasteiger partial charge in [0.05, 0.1) is 25.9 Å². The van der Waals surface area contributed by atoms with Crippen molar-refractivity contribution >= 4 is 23.7 Å². The van der Waals surface area contributed by atoms with Gasteiger partial charge >= 0.3 is 0 Å². The molecule has 1 aromatic heterocycles. The van der Waals surface area contributed by atoms with Crippen molar-refractivity contribution in [3.05, 3.63) is 77.6 Å². The molecule has 0 radical (unpaired) electrons. The maximum Gasteiger partial charge on any atom is 0.265 e. The molecule has 2 amide bonds. The summed E-state index contributed by atoms with van der Waals surface area (Å²) < 4.78 is 6.07. The number of hydrogen-bond donors (Lipinski definition) is 3. The van der Waals surface area contributed by atoms with Crippen molar-refractivity contribution in [1.29, 1.82) is 0 Å². The van der Waals surface area contributed by atoms with Crippen molar-refractivity contribution in [2.45, 2.75) is 78.8 Å². The minimum Gasteiger partial charge on any atom is -0.496 e. The number of carbonyl (C=O) groups excluding carboxylic acids is 2. The summed E-state index contributed by atoms with van der Waals surface area (Å²) in [6.07, 6.45) is 6.04. The Kier molecular flexibility index (Phi) is 13.1. The van der Waals surface area contributed by atoms with Gasteiger partial charge in [-0.3, -0.25) is 19.4 Å². The van der Waals surface area contributed by atoms with Crippen LogP contribution in [-0.4, -0.2) is 86.2 Å². The molecule has 2 fully saturated rings. The largest absolute Gasteiger partial charge is 0.496 e. The van der Waals surface area contributed by atoms with E-state index in [1.807, 2.05) is 73.7 Å². The third-order valence-electron chi connectivity index (χ3n) is 11.4. The smallest absolute Gasteiger partial charge is 0.265 e. The van der Waals surface area contributed by atoms with Crippen molar-refractivity contribution in [3.63, 3.8) is 0 Å². The second-order valence-corrected chi connectivity index (χ2v) is 15.8. The second kappa shape index (κ2) is 17.3. The zero-order chi connectivity index (χ0) is 38.4. The number of para-hydroxylation sites is 1. The van der Waals surface area contributed by atoms with Crippen LogP contribution < -0.4 is 20.3 Å². The van der Waals surface area contributed by atoms with E-state index in [0.717, 1.165) is 40.8 Å². The molecule has 53 heavy (non-hydrogen) atoms. The van der Waals surface area contributed by atoms with E-state index >= 15 is 0 Å². The summed E-state index contributed by atoms with van der Waals surface area (Å²) in [5, 5.41) is 19.1. The maximum absolute atomic E-state index is 14.3. The molecule has 286 valence electrons. The first-order chi connectivity index (χ1) is 25.2. The highest BCUT2D eigenvalue weighted by atomic mass is 16.7. The number of anilines is 1. The number of nitrogens with one attached hydrogen (secondary N) is 2. The summed E-state index contributed by atoms with van der Waals surface area (Å²) in [6, 6.07) is 14.6. The molecule has 5 rings (SSSR count). The SMILES string of the molecule is CNC(=O)c1cc(-c2cccc(CN3O[C@@H](CNCc4ccncc4)C([C@H](C)O)[C@H]3C(=O)N=CC3C[C@@H](C)C(C)(C)CC3C)c2OC)cc(N(C)C)c1. The highest BCUT2D eigenvalue weighted by molar-refractivity contribution is 5.97. The van der Waals surface area contributed by atoms with Crippen LogP contribution in [-0.2, 0) is 22.7 Å². The van der Waals surface area contributed by atoms with Crippen LogP contribution in [0, 0.1) is 29.1 Å². The minimum atomic E-state index is -0.851. The summed E-state index contributed by atoms with van der Waals surface area (Å²) in [7, 11) is 7.10. The molecule has 3 unspecified atom stereocenters. The van der Waals surface area contributed by atoms with Gasteiger partial charge in [-0.25, -0.2) is 4.99 Å². The van der Waals surface area contributed by atoms with Gasteiger partial charge in [0, 0.05) is 81.1 Å². The molecular formula is C42H58N6O5. The van der Waals surface area contributed by atoms with Crippen LogP contribution in [0.25, 0.3) is 11.1 Å². The summed E-state index contributed by atoms with van der Waals surface area (Å²) in [5.74, 6) is 0.621. The molecule has 7 atom stereocenters. The average Bonchev–Trinajstić information content (AvgIpc) is 3.50. The third-order valence-corrected chi connectivity index (χ3v) is 11.4. The highest BCUT2D eigenvalue weighted by Gasteiger charge is 2.49. The number of methoxy groups -OCH3 is 1. The van der Waals surface area contributed by atoms with Crippen molar-refractivity contribution in [1.82, 2.24) is 20.7 Å². The quantitative estimate of drug-likeness (QED) is 0.189. The van der Waals surface area contributed by atoms with Gasteiger partial charge in [-0.1, -0.05) is 45.9 Å². The zero-order valence-electron chi connectivity index (χ0n) is 32.8. The predicted molar refractivity (Wildman–Crippen MR) is 210 cm³/mol. The maximum atomic E-state index is 14.3. The topological polar surface area (TPSA) is 129 Å². The van der Waals surface area contributed by atoms with Gasteiger partial charge in [0.2, 0.25) is 0 Å². The minimum absolute atomic E-state index is 0.189. The van der Waals surface area contributed by atoms with E-state index in [4.69, 9.17) is 9.57 Å². The molecule has 0 spiro atoms. The monoisotopic (exact) mass is 726 g/mol. The van der Waals surface area contributed by atoms with Crippen LogP contribution in [0.5, 0.6) is 5.75 Å². The van der Waals surface area contributed by atoms with Crippen LogP contribution >= 0.6 is 0 Å². The van der Waals surface area contributed by atoms with E-state index in [2.05, 4.69) is 48.3 Å². The summed E-state index contributed by atoms with van der Waals surface area (Å²) >= 11 is 0. The van der Waals surface area contributed by atoms with Crippen LogP contribution in [0.15, 0.2) is 65.9 Å². The van der Waals surface area contributed by atoms with Gasteiger partial charge in [0.25, 0.3) is 11.8 Å². The van der Waals surface area contributed by atoms with Crippen LogP contribution in [0.4, 0.5) is 5.69 Å². The number of carbonyl (C=O) groups is 2. The summed E-state index contributed by atoms with van der Waals surface area (Å²) in [4.78, 5) is 44.4. The fourth-order valence-electron chi connectivity index (χ4n) is 7.98. The number of aliphatic imine (C=N–C) groups is 1. The molecule has 2 aromatic carbocycles. The summed E-state index contributed by atoms with van der Waals surface area (Å²) in [5.41, 5.74) is 5.10. The number of nitrogens with zero attached hydrogens (tertiary/aromatic N) is 4. The van der Waals surface area contributed by atoms with Gasteiger partial charge in [-0.15, -0.1) is 0 Å². The third kappa shape index (κ3) is 9.32. The van der Waals surface area contributed by atoms with Crippen molar-refractivity contribution in [2.24, 2.45) is 34.1 Å². The second-order valence-electron chi connectivity index (χ2n) is 15.8. The molecule has 2 aliphatic rings. The molecule has 2 heterocycles. The molecule has 3 aromatic rings. The van der Waals surface area contributed by atoms with E-state index in [9.17, 15) is 14.7 Å². The molecule has 11 nitrogen and oxygen atoms in total. The molecule has 1 aliphatic heterocycles. The van der Waals surface area contributed by atoms with Crippen molar-refractivity contribution in [3.8, 4) is 16.9 Å². The number of hydroxylamine groups is 2. The fraction of sp³-hybridized carbons (Fsp3) is 0.524. The molecule has 0 bridgehead atoms. The first kappa shape index (κ1) is 40.0. The Hall–Kier alpha value is -4.16. The van der Waals surface area contributed by atoms with Gasteiger partial charge in [0.1, 0.15) is 11.8 Å². The Morgan fingerprint density at radius 3 is 2.57 bits per heavy atom. The molecular weight excluding hydrogens is 668 g/mol. The Bertz CT molecular complexity index is 1740. The van der Waals surface area contributed by atoms with E-state index in [-0.39, 0.29) is 29.7 Å². The number of ether oxygens (including phenoxy) is 1. The normalized spacial score (nSPS) is 24.9. The van der Waals surface area contributed by atoms with E-state index in [1.165, 1.54) is 0 Å². The first-order valence-electron chi connectivity index (χ1n) is 18.7. The van der Waals surface area contributed by atoms with Gasteiger partial charge < -0.3 is 25.4 Å². The van der Waals surface area contributed by atoms with Crippen LogP contribution in [0.3, 0.4) is 0 Å². The first-order valence-corrected chi connectivity index (χ1v) is 18.7. The van der Waals surface area contributed by atoms with Crippen LogP contribution in [0.2, 0.25) is 0 Å². The number of rotatable bonds is 13. The van der Waals surface area contributed by atoms with Gasteiger partial charge in [-0.2, -0.15) is 5.06 Å².